The summed E-state index contributed by atoms with van der Waals surface area (Å²) >= 11 is 0. The molecule has 1 N–H and O–H groups in total. The van der Waals surface area contributed by atoms with Crippen LogP contribution in [0, 0.1) is 5.41 Å². The lowest BCUT2D eigenvalue weighted by molar-refractivity contribution is 0.0746. The summed E-state index contributed by atoms with van der Waals surface area (Å²) in [4.78, 5) is 18.9. The second-order valence-electron chi connectivity index (χ2n) is 5.45. The van der Waals surface area contributed by atoms with Crippen molar-refractivity contribution in [3.05, 3.63) is 30.1 Å². The second kappa shape index (κ2) is 5.59. The van der Waals surface area contributed by atoms with Gasteiger partial charge in [0.05, 0.1) is 0 Å². The molecular formula is C14H21N3O. The molecule has 1 aliphatic heterocycles. The monoisotopic (exact) mass is 247 g/mol. The van der Waals surface area contributed by atoms with Gasteiger partial charge in [0.2, 0.25) is 0 Å². The number of piperazine rings is 1. The van der Waals surface area contributed by atoms with Crippen molar-refractivity contribution in [2.45, 2.75) is 13.8 Å². The predicted octanol–water partition coefficient (Wildman–Crippen LogP) is 1.20. The van der Waals surface area contributed by atoms with E-state index in [2.05, 4.69) is 15.2 Å². The van der Waals surface area contributed by atoms with Crippen LogP contribution >= 0.6 is 0 Å². The van der Waals surface area contributed by atoms with Crippen LogP contribution in [0.3, 0.4) is 0 Å². The van der Waals surface area contributed by atoms with Crippen LogP contribution in [0.15, 0.2) is 24.4 Å². The first-order valence-electron chi connectivity index (χ1n) is 6.48. The van der Waals surface area contributed by atoms with Gasteiger partial charge in [0.25, 0.3) is 0 Å². The van der Waals surface area contributed by atoms with E-state index in [1.54, 1.807) is 12.3 Å². The van der Waals surface area contributed by atoms with Crippen LogP contribution in [0.5, 0.6) is 0 Å². The maximum absolute atomic E-state index is 12.4. The van der Waals surface area contributed by atoms with Gasteiger partial charge < -0.3 is 5.32 Å². The highest BCUT2D eigenvalue weighted by Crippen LogP contribution is 2.22. The van der Waals surface area contributed by atoms with E-state index in [1.807, 2.05) is 26.0 Å². The molecule has 0 atom stereocenters. The van der Waals surface area contributed by atoms with Crippen LogP contribution in [0.2, 0.25) is 0 Å². The minimum absolute atomic E-state index is 0.127. The van der Waals surface area contributed by atoms with Crippen LogP contribution in [0.25, 0.3) is 0 Å². The van der Waals surface area contributed by atoms with E-state index in [9.17, 15) is 4.79 Å². The number of rotatable bonds is 4. The Labute approximate surface area is 108 Å². The van der Waals surface area contributed by atoms with Gasteiger partial charge in [-0.3, -0.25) is 14.7 Å². The molecule has 1 aromatic rings. The maximum atomic E-state index is 12.4. The first-order valence-corrected chi connectivity index (χ1v) is 6.48. The number of Topliss-reactive ketones (excluding diaryl/α,β-unsaturated/α-hetero) is 1. The van der Waals surface area contributed by atoms with Crippen LogP contribution < -0.4 is 5.32 Å². The molecule has 2 rings (SSSR count). The van der Waals surface area contributed by atoms with Crippen molar-refractivity contribution >= 4 is 5.78 Å². The maximum Gasteiger partial charge on any atom is 0.188 e. The largest absolute Gasteiger partial charge is 0.314 e. The molecule has 4 nitrogen and oxygen atoms in total. The SMILES string of the molecule is CC(C)(CN1CCNCC1)C(=O)c1ccccn1. The van der Waals surface area contributed by atoms with E-state index in [0.717, 1.165) is 32.7 Å². The van der Waals surface area contributed by atoms with Gasteiger partial charge in [0.1, 0.15) is 5.69 Å². The first kappa shape index (κ1) is 13.2. The van der Waals surface area contributed by atoms with E-state index in [4.69, 9.17) is 0 Å². The Morgan fingerprint density at radius 1 is 1.39 bits per heavy atom. The topological polar surface area (TPSA) is 45.2 Å². The molecule has 1 fully saturated rings. The van der Waals surface area contributed by atoms with E-state index >= 15 is 0 Å². The summed E-state index contributed by atoms with van der Waals surface area (Å²) < 4.78 is 0. The molecule has 1 aliphatic rings. The van der Waals surface area contributed by atoms with Crippen LogP contribution in [-0.2, 0) is 0 Å². The molecule has 1 aromatic heterocycles. The van der Waals surface area contributed by atoms with Crippen LogP contribution in [0.1, 0.15) is 24.3 Å². The fraction of sp³-hybridized carbons (Fsp3) is 0.571. The normalized spacial score (nSPS) is 17.7. The highest BCUT2D eigenvalue weighted by Gasteiger charge is 2.31. The van der Waals surface area contributed by atoms with E-state index in [1.165, 1.54) is 0 Å². The molecule has 18 heavy (non-hydrogen) atoms. The lowest BCUT2D eigenvalue weighted by Gasteiger charge is -2.34. The smallest absolute Gasteiger partial charge is 0.188 e. The minimum Gasteiger partial charge on any atom is -0.314 e. The highest BCUT2D eigenvalue weighted by molar-refractivity contribution is 5.98. The molecule has 0 unspecified atom stereocenters. The van der Waals surface area contributed by atoms with Crippen molar-refractivity contribution in [2.24, 2.45) is 5.41 Å². The Morgan fingerprint density at radius 3 is 2.72 bits per heavy atom. The van der Waals surface area contributed by atoms with Gasteiger partial charge in [-0.2, -0.15) is 0 Å². The molecule has 0 amide bonds. The quantitative estimate of drug-likeness (QED) is 0.812. The van der Waals surface area contributed by atoms with Gasteiger partial charge in [-0.05, 0) is 12.1 Å². The number of hydrogen-bond acceptors (Lipinski definition) is 4. The minimum atomic E-state index is -0.383. The fourth-order valence-corrected chi connectivity index (χ4v) is 2.34. The Morgan fingerprint density at radius 2 is 2.11 bits per heavy atom. The number of aromatic nitrogens is 1. The first-order chi connectivity index (χ1) is 8.59. The Bertz CT molecular complexity index is 397. The molecule has 0 aliphatic carbocycles. The summed E-state index contributed by atoms with van der Waals surface area (Å²) in [6.45, 7) is 8.85. The summed E-state index contributed by atoms with van der Waals surface area (Å²) in [6.07, 6.45) is 1.67. The molecule has 2 heterocycles. The van der Waals surface area contributed by atoms with Gasteiger partial charge in [0, 0.05) is 44.3 Å². The van der Waals surface area contributed by atoms with E-state index in [0.29, 0.717) is 5.69 Å². The Kier molecular flexibility index (Phi) is 4.09. The molecule has 0 spiro atoms. The van der Waals surface area contributed by atoms with E-state index < -0.39 is 0 Å². The molecule has 0 aromatic carbocycles. The number of carbonyl (C=O) groups is 1. The summed E-state index contributed by atoms with van der Waals surface area (Å²) in [5, 5.41) is 3.32. The fourth-order valence-electron chi connectivity index (χ4n) is 2.34. The molecular weight excluding hydrogens is 226 g/mol. The predicted molar refractivity (Wildman–Crippen MR) is 71.7 cm³/mol. The number of pyridine rings is 1. The van der Waals surface area contributed by atoms with Gasteiger partial charge in [-0.25, -0.2) is 0 Å². The number of carbonyl (C=O) groups excluding carboxylic acids is 1. The Hall–Kier alpha value is -1.26. The van der Waals surface area contributed by atoms with Gasteiger partial charge in [-0.15, -0.1) is 0 Å². The van der Waals surface area contributed by atoms with Crippen LogP contribution in [0.4, 0.5) is 0 Å². The lowest BCUT2D eigenvalue weighted by atomic mass is 9.85. The average Bonchev–Trinajstić information content (AvgIpc) is 2.39. The third-order valence-electron chi connectivity index (χ3n) is 3.34. The molecule has 4 heteroatoms. The number of ketones is 1. The Balaban J connectivity index is 2.03. The average molecular weight is 247 g/mol. The van der Waals surface area contributed by atoms with Crippen molar-refractivity contribution in [3.8, 4) is 0 Å². The lowest BCUT2D eigenvalue weighted by Crippen LogP contribution is -2.48. The summed E-state index contributed by atoms with van der Waals surface area (Å²) in [7, 11) is 0. The highest BCUT2D eigenvalue weighted by atomic mass is 16.1. The summed E-state index contributed by atoms with van der Waals surface area (Å²) in [5.41, 5.74) is 0.184. The zero-order valence-corrected chi connectivity index (χ0v) is 11.1. The number of nitrogens with zero attached hydrogens (tertiary/aromatic N) is 2. The van der Waals surface area contributed by atoms with Crippen molar-refractivity contribution in [1.29, 1.82) is 0 Å². The number of nitrogens with one attached hydrogen (secondary N) is 1. The summed E-state index contributed by atoms with van der Waals surface area (Å²) in [6, 6.07) is 5.49. The van der Waals surface area contributed by atoms with Gasteiger partial charge in [-0.1, -0.05) is 19.9 Å². The molecule has 0 radical (unpaired) electrons. The molecule has 98 valence electrons. The van der Waals surface area contributed by atoms with Gasteiger partial charge in [0.15, 0.2) is 5.78 Å². The second-order valence-corrected chi connectivity index (χ2v) is 5.45. The van der Waals surface area contributed by atoms with Crippen molar-refractivity contribution in [1.82, 2.24) is 15.2 Å². The standard InChI is InChI=1S/C14H21N3O/c1-14(2,11-17-9-7-15-8-10-17)13(18)12-5-3-4-6-16-12/h3-6,15H,7-11H2,1-2H3. The third kappa shape index (κ3) is 3.15. The number of hydrogen-bond donors (Lipinski definition) is 1. The zero-order chi connectivity index (χ0) is 13.0. The van der Waals surface area contributed by atoms with Crippen molar-refractivity contribution in [2.75, 3.05) is 32.7 Å². The molecule has 1 saturated heterocycles. The summed E-state index contributed by atoms with van der Waals surface area (Å²) in [5.74, 6) is 0.127. The third-order valence-corrected chi connectivity index (χ3v) is 3.34. The molecule has 0 bridgehead atoms. The van der Waals surface area contributed by atoms with E-state index in [-0.39, 0.29) is 11.2 Å². The zero-order valence-electron chi connectivity index (χ0n) is 11.1. The van der Waals surface area contributed by atoms with Crippen molar-refractivity contribution < 1.29 is 4.79 Å². The molecule has 0 saturated carbocycles. The van der Waals surface area contributed by atoms with Crippen LogP contribution in [-0.4, -0.2) is 48.4 Å². The van der Waals surface area contributed by atoms with Gasteiger partial charge >= 0.3 is 0 Å². The van der Waals surface area contributed by atoms with Crippen molar-refractivity contribution in [3.63, 3.8) is 0 Å².